The van der Waals surface area contributed by atoms with E-state index in [4.69, 9.17) is 4.74 Å². The van der Waals surface area contributed by atoms with Crippen LogP contribution in [0.1, 0.15) is 23.2 Å². The second-order valence-corrected chi connectivity index (χ2v) is 6.56. The Kier molecular flexibility index (Phi) is 5.45. The third kappa shape index (κ3) is 4.43. The van der Waals surface area contributed by atoms with Gasteiger partial charge in [-0.2, -0.15) is 0 Å². The van der Waals surface area contributed by atoms with Crippen LogP contribution in [-0.2, 0) is 9.53 Å². The first-order chi connectivity index (χ1) is 12.0. The molecular formula is C18H16BrFN2O3. The fourth-order valence-corrected chi connectivity index (χ4v) is 2.85. The van der Waals surface area contributed by atoms with E-state index in [1.807, 2.05) is 0 Å². The highest BCUT2D eigenvalue weighted by molar-refractivity contribution is 9.10. The first-order valence-electron chi connectivity index (χ1n) is 7.82. The fraction of sp³-hybridized carbons (Fsp3) is 0.222. The Morgan fingerprint density at radius 2 is 1.76 bits per heavy atom. The number of nitrogens with one attached hydrogen (secondary N) is 2. The van der Waals surface area contributed by atoms with Crippen molar-refractivity contribution in [2.45, 2.75) is 18.9 Å². The minimum atomic E-state index is -0.604. The summed E-state index contributed by atoms with van der Waals surface area (Å²) in [4.78, 5) is 24.1. The Labute approximate surface area is 152 Å². The highest BCUT2D eigenvalue weighted by Crippen LogP contribution is 2.19. The van der Waals surface area contributed by atoms with Gasteiger partial charge in [0.2, 0.25) is 0 Å². The monoisotopic (exact) mass is 406 g/mol. The van der Waals surface area contributed by atoms with Crippen molar-refractivity contribution < 1.29 is 18.7 Å². The highest BCUT2D eigenvalue weighted by atomic mass is 79.9. The molecule has 1 saturated heterocycles. The molecule has 0 aromatic heterocycles. The van der Waals surface area contributed by atoms with Crippen LogP contribution in [-0.4, -0.2) is 24.5 Å². The molecule has 0 spiro atoms. The van der Waals surface area contributed by atoms with E-state index in [0.717, 1.165) is 12.8 Å². The van der Waals surface area contributed by atoms with Gasteiger partial charge in [0.25, 0.3) is 11.8 Å². The highest BCUT2D eigenvalue weighted by Gasteiger charge is 2.23. The predicted molar refractivity (Wildman–Crippen MR) is 96.1 cm³/mol. The number of carbonyl (C=O) groups excluding carboxylic acids is 2. The van der Waals surface area contributed by atoms with Crippen molar-refractivity contribution in [2.24, 2.45) is 0 Å². The largest absolute Gasteiger partial charge is 0.368 e. The molecule has 0 aliphatic carbocycles. The van der Waals surface area contributed by atoms with Crippen LogP contribution in [0.5, 0.6) is 0 Å². The summed E-state index contributed by atoms with van der Waals surface area (Å²) in [6.45, 7) is 0.607. The summed E-state index contributed by atoms with van der Waals surface area (Å²) in [6, 6.07) is 10.9. The lowest BCUT2D eigenvalue weighted by molar-refractivity contribution is -0.124. The minimum Gasteiger partial charge on any atom is -0.368 e. The Balaban J connectivity index is 1.62. The van der Waals surface area contributed by atoms with E-state index in [9.17, 15) is 14.0 Å². The van der Waals surface area contributed by atoms with E-state index in [1.165, 1.54) is 12.1 Å². The molecule has 2 N–H and O–H groups in total. The van der Waals surface area contributed by atoms with Crippen LogP contribution in [0.15, 0.2) is 46.9 Å². The molecule has 130 valence electrons. The van der Waals surface area contributed by atoms with Gasteiger partial charge < -0.3 is 15.4 Å². The lowest BCUT2D eigenvalue weighted by atomic mass is 10.2. The maximum absolute atomic E-state index is 13.8. The number of halogens is 2. The molecule has 1 atom stereocenters. The smallest absolute Gasteiger partial charge is 0.258 e. The number of amides is 2. The molecule has 25 heavy (non-hydrogen) atoms. The summed E-state index contributed by atoms with van der Waals surface area (Å²) in [5.74, 6) is -1.32. The first kappa shape index (κ1) is 17.6. The van der Waals surface area contributed by atoms with Crippen LogP contribution in [0.3, 0.4) is 0 Å². The van der Waals surface area contributed by atoms with Crippen molar-refractivity contribution >= 4 is 39.1 Å². The van der Waals surface area contributed by atoms with Gasteiger partial charge >= 0.3 is 0 Å². The Morgan fingerprint density at radius 1 is 1.08 bits per heavy atom. The molecule has 0 unspecified atom stereocenters. The van der Waals surface area contributed by atoms with Crippen molar-refractivity contribution in [3.63, 3.8) is 0 Å². The summed E-state index contributed by atoms with van der Waals surface area (Å²) in [7, 11) is 0. The third-order valence-corrected chi connectivity index (χ3v) is 4.30. The van der Waals surface area contributed by atoms with Gasteiger partial charge in [0, 0.05) is 22.5 Å². The number of ether oxygens (including phenoxy) is 1. The summed E-state index contributed by atoms with van der Waals surface area (Å²) in [6.07, 6.45) is 1.20. The molecule has 0 saturated carbocycles. The minimum absolute atomic E-state index is 0.0426. The van der Waals surface area contributed by atoms with E-state index in [-0.39, 0.29) is 11.5 Å². The molecule has 1 aliphatic heterocycles. The van der Waals surface area contributed by atoms with Crippen LogP contribution >= 0.6 is 15.9 Å². The topological polar surface area (TPSA) is 67.4 Å². The number of anilines is 2. The van der Waals surface area contributed by atoms with E-state index in [1.54, 1.807) is 30.3 Å². The lowest BCUT2D eigenvalue weighted by Gasteiger charge is -2.11. The van der Waals surface area contributed by atoms with E-state index in [0.29, 0.717) is 22.5 Å². The molecule has 2 aromatic carbocycles. The van der Waals surface area contributed by atoms with Crippen LogP contribution < -0.4 is 10.6 Å². The van der Waals surface area contributed by atoms with Crippen molar-refractivity contribution in [1.29, 1.82) is 0 Å². The quantitative estimate of drug-likeness (QED) is 0.807. The maximum Gasteiger partial charge on any atom is 0.258 e. The van der Waals surface area contributed by atoms with Crippen molar-refractivity contribution in [2.75, 3.05) is 17.2 Å². The number of benzene rings is 2. The fourth-order valence-electron chi connectivity index (χ4n) is 2.52. The van der Waals surface area contributed by atoms with E-state index < -0.39 is 17.8 Å². The molecule has 0 radical (unpaired) electrons. The van der Waals surface area contributed by atoms with Gasteiger partial charge in [-0.1, -0.05) is 15.9 Å². The van der Waals surface area contributed by atoms with Crippen LogP contribution in [0.25, 0.3) is 0 Å². The number of hydrogen-bond acceptors (Lipinski definition) is 3. The van der Waals surface area contributed by atoms with Gasteiger partial charge in [-0.05, 0) is 55.3 Å². The third-order valence-electron chi connectivity index (χ3n) is 3.81. The standard InChI is InChI=1S/C18H16BrFN2O3/c19-11-3-8-14(15(20)10-11)17(23)21-12-4-6-13(7-5-12)22-18(24)16-2-1-9-25-16/h3-8,10,16H,1-2,9H2,(H,21,23)(H,22,24)/t16-/m0/s1. The lowest BCUT2D eigenvalue weighted by Crippen LogP contribution is -2.26. The van der Waals surface area contributed by atoms with E-state index >= 15 is 0 Å². The average Bonchev–Trinajstić information content (AvgIpc) is 3.11. The average molecular weight is 407 g/mol. The molecule has 0 bridgehead atoms. The molecular weight excluding hydrogens is 391 g/mol. The summed E-state index contributed by atoms with van der Waals surface area (Å²) in [5.41, 5.74) is 1.06. The Bertz CT molecular complexity index is 789. The van der Waals surface area contributed by atoms with Gasteiger partial charge in [0.15, 0.2) is 0 Å². The van der Waals surface area contributed by atoms with Gasteiger partial charge in [0.1, 0.15) is 11.9 Å². The first-order valence-corrected chi connectivity index (χ1v) is 8.61. The van der Waals surface area contributed by atoms with Gasteiger partial charge in [-0.25, -0.2) is 4.39 Å². The molecule has 2 aromatic rings. The summed E-state index contributed by atoms with van der Waals surface area (Å²) >= 11 is 3.15. The van der Waals surface area contributed by atoms with E-state index in [2.05, 4.69) is 26.6 Å². The zero-order valence-corrected chi connectivity index (χ0v) is 14.8. The van der Waals surface area contributed by atoms with Crippen molar-refractivity contribution in [3.05, 3.63) is 58.3 Å². The zero-order valence-electron chi connectivity index (χ0n) is 13.2. The molecule has 3 rings (SSSR count). The summed E-state index contributed by atoms with van der Waals surface area (Å²) < 4.78 is 19.7. The molecule has 1 heterocycles. The maximum atomic E-state index is 13.8. The predicted octanol–water partition coefficient (Wildman–Crippen LogP) is 3.96. The van der Waals surface area contributed by atoms with Gasteiger partial charge in [-0.3, -0.25) is 9.59 Å². The second kappa shape index (κ2) is 7.76. The molecule has 5 nitrogen and oxygen atoms in total. The van der Waals surface area contributed by atoms with Crippen molar-refractivity contribution in [1.82, 2.24) is 0 Å². The van der Waals surface area contributed by atoms with Crippen molar-refractivity contribution in [3.8, 4) is 0 Å². The zero-order chi connectivity index (χ0) is 17.8. The summed E-state index contributed by atoms with van der Waals surface area (Å²) in [5, 5.41) is 5.39. The molecule has 1 fully saturated rings. The SMILES string of the molecule is O=C(Nc1ccc(NC(=O)[C@@H]2CCCO2)cc1)c1ccc(Br)cc1F. The van der Waals surface area contributed by atoms with Crippen LogP contribution in [0.2, 0.25) is 0 Å². The van der Waals surface area contributed by atoms with Gasteiger partial charge in [0.05, 0.1) is 5.56 Å². The second-order valence-electron chi connectivity index (χ2n) is 5.65. The van der Waals surface area contributed by atoms with Crippen LogP contribution in [0.4, 0.5) is 15.8 Å². The van der Waals surface area contributed by atoms with Crippen LogP contribution in [0, 0.1) is 5.82 Å². The number of hydrogen-bond donors (Lipinski definition) is 2. The molecule has 7 heteroatoms. The Hall–Kier alpha value is -2.25. The molecule has 2 amide bonds. The Morgan fingerprint density at radius 3 is 2.36 bits per heavy atom. The normalized spacial score (nSPS) is 16.5. The van der Waals surface area contributed by atoms with Gasteiger partial charge in [-0.15, -0.1) is 0 Å². The number of rotatable bonds is 4. The number of carbonyl (C=O) groups is 2. The molecule has 1 aliphatic rings.